The van der Waals surface area contributed by atoms with Crippen LogP contribution in [0, 0.1) is 0 Å². The molecule has 0 spiro atoms. The lowest BCUT2D eigenvalue weighted by Gasteiger charge is -2.27. The SMILES string of the molecule is CC1CC[C@H](C)P1.CC1CC[C@H](C)P1C1CCCC1. The molecular formula is C17H34P2. The van der Waals surface area contributed by atoms with Crippen LogP contribution in [0.1, 0.15) is 79.1 Å². The van der Waals surface area contributed by atoms with Crippen LogP contribution in [0.3, 0.4) is 0 Å². The highest BCUT2D eigenvalue weighted by Crippen LogP contribution is 2.62. The highest BCUT2D eigenvalue weighted by molar-refractivity contribution is 7.60. The fraction of sp³-hybridized carbons (Fsp3) is 1.00. The van der Waals surface area contributed by atoms with E-state index >= 15 is 0 Å². The van der Waals surface area contributed by atoms with Gasteiger partial charge in [0.2, 0.25) is 0 Å². The first-order chi connectivity index (χ1) is 9.08. The zero-order chi connectivity index (χ0) is 13.8. The van der Waals surface area contributed by atoms with Crippen LogP contribution in [0.25, 0.3) is 0 Å². The van der Waals surface area contributed by atoms with Crippen LogP contribution < -0.4 is 0 Å². The first-order valence-corrected chi connectivity index (χ1v) is 11.3. The molecule has 2 heterocycles. The van der Waals surface area contributed by atoms with Gasteiger partial charge in [-0.2, -0.15) is 0 Å². The lowest BCUT2D eigenvalue weighted by molar-refractivity contribution is 0.777. The van der Waals surface area contributed by atoms with Crippen molar-refractivity contribution in [2.24, 2.45) is 0 Å². The first kappa shape index (κ1) is 16.2. The van der Waals surface area contributed by atoms with Crippen LogP contribution in [-0.2, 0) is 0 Å². The van der Waals surface area contributed by atoms with Crippen LogP contribution in [0.4, 0.5) is 0 Å². The van der Waals surface area contributed by atoms with Crippen molar-refractivity contribution in [3.63, 3.8) is 0 Å². The van der Waals surface area contributed by atoms with Crippen molar-refractivity contribution in [3.8, 4) is 0 Å². The van der Waals surface area contributed by atoms with Crippen molar-refractivity contribution in [1.82, 2.24) is 0 Å². The molecule has 0 aromatic carbocycles. The normalized spacial score (nSPS) is 44.5. The fourth-order valence-corrected chi connectivity index (χ4v) is 10.1. The van der Waals surface area contributed by atoms with Crippen molar-refractivity contribution in [2.75, 3.05) is 0 Å². The molecular weight excluding hydrogens is 266 g/mol. The lowest BCUT2D eigenvalue weighted by atomic mass is 10.2. The molecule has 3 rings (SSSR count). The Hall–Kier alpha value is 0.860. The molecule has 0 N–H and O–H groups in total. The Morgan fingerprint density at radius 2 is 1.16 bits per heavy atom. The van der Waals surface area contributed by atoms with Crippen molar-refractivity contribution in [2.45, 2.75) is 107 Å². The van der Waals surface area contributed by atoms with Gasteiger partial charge < -0.3 is 0 Å². The summed E-state index contributed by atoms with van der Waals surface area (Å²) in [5.74, 6) is 0. The van der Waals surface area contributed by atoms with E-state index in [1.54, 1.807) is 12.8 Å². The molecule has 0 amide bonds. The highest BCUT2D eigenvalue weighted by Gasteiger charge is 2.36. The molecule has 0 bridgehead atoms. The molecule has 0 nitrogen and oxygen atoms in total. The van der Waals surface area contributed by atoms with Gasteiger partial charge in [-0.05, 0) is 66.8 Å². The maximum Gasteiger partial charge on any atom is -0.0204 e. The minimum absolute atomic E-state index is 0.431. The maximum absolute atomic E-state index is 2.51. The molecule has 0 radical (unpaired) electrons. The molecule has 0 aromatic heterocycles. The van der Waals surface area contributed by atoms with Crippen LogP contribution in [-0.4, -0.2) is 28.3 Å². The van der Waals surface area contributed by atoms with E-state index in [1.165, 1.54) is 52.8 Å². The Balaban J connectivity index is 0.000000163. The Bertz CT molecular complexity index is 242. The van der Waals surface area contributed by atoms with Gasteiger partial charge in [0.05, 0.1) is 0 Å². The summed E-state index contributed by atoms with van der Waals surface area (Å²) in [5.41, 5.74) is 5.47. The summed E-state index contributed by atoms with van der Waals surface area (Å²) in [6.07, 6.45) is 12.2. The standard InChI is InChI=1S/C11H21P.C6H13P/c1-9-7-8-10(2)12(9)11-5-3-4-6-11;1-5-3-4-6(2)7-5/h9-11H,3-8H2,1-2H3;5-7H,3-4H2,1-2H3/t9-,10?,12?;5-,6?/m00/s1. The average molecular weight is 300 g/mol. The van der Waals surface area contributed by atoms with Gasteiger partial charge in [-0.3, -0.25) is 0 Å². The number of hydrogen-bond acceptors (Lipinski definition) is 0. The van der Waals surface area contributed by atoms with Gasteiger partial charge in [-0.25, -0.2) is 0 Å². The fourth-order valence-electron chi connectivity index (χ4n) is 4.29. The second kappa shape index (κ2) is 7.75. The Morgan fingerprint density at radius 1 is 0.684 bits per heavy atom. The second-order valence-electron chi connectivity index (χ2n) is 7.21. The predicted molar refractivity (Wildman–Crippen MR) is 93.8 cm³/mol. The zero-order valence-corrected chi connectivity index (χ0v) is 15.4. The van der Waals surface area contributed by atoms with Crippen molar-refractivity contribution >= 4 is 16.5 Å². The van der Waals surface area contributed by atoms with Crippen molar-refractivity contribution in [1.29, 1.82) is 0 Å². The molecule has 1 aliphatic carbocycles. The molecule has 3 fully saturated rings. The van der Waals surface area contributed by atoms with E-state index in [4.69, 9.17) is 0 Å². The van der Waals surface area contributed by atoms with E-state index in [-0.39, 0.29) is 0 Å². The van der Waals surface area contributed by atoms with Gasteiger partial charge in [0.15, 0.2) is 0 Å². The summed E-state index contributed by atoms with van der Waals surface area (Å²) in [4.78, 5) is 0. The first-order valence-electron chi connectivity index (χ1n) is 8.61. The summed E-state index contributed by atoms with van der Waals surface area (Å²) in [6.45, 7) is 9.74. The molecule has 2 aliphatic heterocycles. The van der Waals surface area contributed by atoms with Crippen LogP contribution >= 0.6 is 16.5 Å². The zero-order valence-electron chi connectivity index (χ0n) is 13.5. The smallest absolute Gasteiger partial charge is 0.0204 e. The third kappa shape index (κ3) is 4.68. The molecule has 6 atom stereocenters. The molecule has 3 aliphatic rings. The van der Waals surface area contributed by atoms with Gasteiger partial charge in [0, 0.05) is 0 Å². The third-order valence-electron chi connectivity index (χ3n) is 5.37. The van der Waals surface area contributed by atoms with Gasteiger partial charge in [-0.15, -0.1) is 8.58 Å². The van der Waals surface area contributed by atoms with Crippen molar-refractivity contribution < 1.29 is 0 Å². The topological polar surface area (TPSA) is 0 Å². The van der Waals surface area contributed by atoms with E-state index in [1.807, 2.05) is 0 Å². The quantitative estimate of drug-likeness (QED) is 0.504. The molecule has 1 saturated carbocycles. The number of rotatable bonds is 1. The van der Waals surface area contributed by atoms with E-state index in [0.29, 0.717) is 7.92 Å². The molecule has 0 aromatic rings. The Labute approximate surface area is 124 Å². The van der Waals surface area contributed by atoms with Gasteiger partial charge in [-0.1, -0.05) is 48.5 Å². The molecule has 112 valence electrons. The van der Waals surface area contributed by atoms with Gasteiger partial charge in [0.25, 0.3) is 0 Å². The third-order valence-corrected chi connectivity index (χ3v) is 11.0. The highest BCUT2D eigenvalue weighted by atomic mass is 31.1. The van der Waals surface area contributed by atoms with Crippen LogP contribution in [0.5, 0.6) is 0 Å². The Kier molecular flexibility index (Phi) is 6.62. The van der Waals surface area contributed by atoms with Gasteiger partial charge in [0.1, 0.15) is 0 Å². The summed E-state index contributed by atoms with van der Waals surface area (Å²) < 4.78 is 0. The van der Waals surface area contributed by atoms with Crippen LogP contribution in [0.15, 0.2) is 0 Å². The Morgan fingerprint density at radius 3 is 1.53 bits per heavy atom. The second-order valence-corrected chi connectivity index (χ2v) is 12.9. The minimum atomic E-state index is 0.431. The molecule has 2 saturated heterocycles. The average Bonchev–Trinajstić information content (AvgIpc) is 3.05. The lowest BCUT2D eigenvalue weighted by Crippen LogP contribution is -2.09. The summed E-state index contributed by atoms with van der Waals surface area (Å²) in [5, 5.41) is 0. The van der Waals surface area contributed by atoms with E-state index < -0.39 is 0 Å². The van der Waals surface area contributed by atoms with E-state index in [9.17, 15) is 0 Å². The van der Waals surface area contributed by atoms with Gasteiger partial charge >= 0.3 is 0 Å². The predicted octanol–water partition coefficient (Wildman–Crippen LogP) is 6.22. The summed E-state index contributed by atoms with van der Waals surface area (Å²) >= 11 is 0. The number of hydrogen-bond donors (Lipinski definition) is 0. The summed E-state index contributed by atoms with van der Waals surface area (Å²) in [6, 6.07) is 0. The van der Waals surface area contributed by atoms with E-state index in [2.05, 4.69) is 27.7 Å². The monoisotopic (exact) mass is 300 g/mol. The minimum Gasteiger partial charge on any atom is -0.116 e. The van der Waals surface area contributed by atoms with Crippen LogP contribution in [0.2, 0.25) is 0 Å². The largest absolute Gasteiger partial charge is 0.116 e. The molecule has 2 heteroatoms. The molecule has 4 unspecified atom stereocenters. The summed E-state index contributed by atoms with van der Waals surface area (Å²) in [7, 11) is 1.69. The molecule has 19 heavy (non-hydrogen) atoms. The maximum atomic E-state index is 2.51. The van der Waals surface area contributed by atoms with Crippen molar-refractivity contribution in [3.05, 3.63) is 0 Å². The van der Waals surface area contributed by atoms with E-state index in [0.717, 1.165) is 22.6 Å².